The van der Waals surface area contributed by atoms with Gasteiger partial charge in [0.15, 0.2) is 0 Å². The highest BCUT2D eigenvalue weighted by atomic mass is 16.5. The molecule has 0 bridgehead atoms. The molecule has 140 valence electrons. The van der Waals surface area contributed by atoms with Gasteiger partial charge in [-0.3, -0.25) is 4.90 Å². The Kier molecular flexibility index (Phi) is 8.22. The highest BCUT2D eigenvalue weighted by Crippen LogP contribution is 2.26. The van der Waals surface area contributed by atoms with Crippen molar-refractivity contribution < 1.29 is 14.3 Å². The summed E-state index contributed by atoms with van der Waals surface area (Å²) in [6, 6.07) is 10.6. The Balaban J connectivity index is 1.96. The predicted molar refractivity (Wildman–Crippen MR) is 99.5 cm³/mol. The van der Waals surface area contributed by atoms with Crippen molar-refractivity contribution in [1.82, 2.24) is 10.2 Å². The van der Waals surface area contributed by atoms with E-state index in [0.717, 1.165) is 32.4 Å². The van der Waals surface area contributed by atoms with E-state index in [9.17, 15) is 4.79 Å². The van der Waals surface area contributed by atoms with E-state index in [2.05, 4.69) is 36.2 Å². The first-order valence-corrected chi connectivity index (χ1v) is 9.50. The monoisotopic (exact) mass is 348 g/mol. The molecule has 0 unspecified atom stereocenters. The molecule has 5 heteroatoms. The summed E-state index contributed by atoms with van der Waals surface area (Å²) >= 11 is 0. The second-order valence-electron chi connectivity index (χ2n) is 6.49. The van der Waals surface area contributed by atoms with Crippen LogP contribution in [0.2, 0.25) is 0 Å². The number of nitrogens with zero attached hydrogens (tertiary/aromatic N) is 1. The number of carbonyl (C=O) groups excluding carboxylic acids is 1. The van der Waals surface area contributed by atoms with Gasteiger partial charge in [-0.1, -0.05) is 44.2 Å². The highest BCUT2D eigenvalue weighted by molar-refractivity contribution is 5.67. The molecule has 1 amide bonds. The molecule has 25 heavy (non-hydrogen) atoms. The molecule has 1 aliphatic carbocycles. The van der Waals surface area contributed by atoms with Crippen LogP contribution in [0.3, 0.4) is 0 Å². The van der Waals surface area contributed by atoms with Crippen molar-refractivity contribution >= 4 is 6.09 Å². The van der Waals surface area contributed by atoms with E-state index < -0.39 is 0 Å². The van der Waals surface area contributed by atoms with E-state index in [-0.39, 0.29) is 18.2 Å². The number of hydrogen-bond donors (Lipinski definition) is 1. The van der Waals surface area contributed by atoms with E-state index in [0.29, 0.717) is 19.3 Å². The lowest BCUT2D eigenvalue weighted by atomic mass is 9.87. The zero-order valence-electron chi connectivity index (χ0n) is 15.7. The number of rotatable bonds is 8. The largest absolute Gasteiger partial charge is 0.450 e. The Bertz CT molecular complexity index is 505. The van der Waals surface area contributed by atoms with Gasteiger partial charge in [0.25, 0.3) is 0 Å². The molecule has 0 saturated heterocycles. The summed E-state index contributed by atoms with van der Waals surface area (Å²) in [5.41, 5.74) is 1.18. The van der Waals surface area contributed by atoms with Gasteiger partial charge in [0.05, 0.1) is 25.4 Å². The number of alkyl carbamates (subject to hydrolysis) is 1. The van der Waals surface area contributed by atoms with E-state index >= 15 is 0 Å². The molecule has 0 aromatic heterocycles. The molecule has 1 N–H and O–H groups in total. The number of hydrogen-bond acceptors (Lipinski definition) is 4. The SMILES string of the molecule is CCOC(=O)N[C@H]1C[C@@H](OCc2ccccc2)CC[C@@H]1N(CC)CC. The van der Waals surface area contributed by atoms with Crippen molar-refractivity contribution in [3.63, 3.8) is 0 Å². The zero-order chi connectivity index (χ0) is 18.1. The van der Waals surface area contributed by atoms with Crippen molar-refractivity contribution in [1.29, 1.82) is 0 Å². The maximum atomic E-state index is 11.9. The smallest absolute Gasteiger partial charge is 0.407 e. The molecule has 1 aromatic carbocycles. The number of ether oxygens (including phenoxy) is 2. The quantitative estimate of drug-likeness (QED) is 0.780. The Labute approximate surface area is 151 Å². The third kappa shape index (κ3) is 6.01. The minimum Gasteiger partial charge on any atom is -0.450 e. The predicted octanol–water partition coefficient (Wildman–Crippen LogP) is 3.58. The summed E-state index contributed by atoms with van der Waals surface area (Å²) in [5, 5.41) is 3.06. The summed E-state index contributed by atoms with van der Waals surface area (Å²) in [4.78, 5) is 14.4. The molecule has 2 rings (SSSR count). The molecule has 1 fully saturated rings. The van der Waals surface area contributed by atoms with Crippen LogP contribution < -0.4 is 5.32 Å². The Morgan fingerprint density at radius 1 is 1.16 bits per heavy atom. The van der Waals surface area contributed by atoms with E-state index in [1.807, 2.05) is 25.1 Å². The van der Waals surface area contributed by atoms with Gasteiger partial charge in [0.1, 0.15) is 0 Å². The van der Waals surface area contributed by atoms with Gasteiger partial charge in [-0.25, -0.2) is 4.79 Å². The van der Waals surface area contributed by atoms with Gasteiger partial charge in [-0.05, 0) is 44.8 Å². The van der Waals surface area contributed by atoms with Crippen LogP contribution in [0.4, 0.5) is 4.79 Å². The maximum Gasteiger partial charge on any atom is 0.407 e. The lowest BCUT2D eigenvalue weighted by molar-refractivity contribution is -0.0144. The summed E-state index contributed by atoms with van der Waals surface area (Å²) < 4.78 is 11.2. The Morgan fingerprint density at radius 2 is 1.88 bits per heavy atom. The highest BCUT2D eigenvalue weighted by Gasteiger charge is 2.35. The summed E-state index contributed by atoms with van der Waals surface area (Å²) in [6.45, 7) is 9.14. The van der Waals surface area contributed by atoms with E-state index in [1.165, 1.54) is 5.56 Å². The molecule has 0 radical (unpaired) electrons. The molecule has 0 spiro atoms. The first-order chi connectivity index (χ1) is 12.2. The molecular weight excluding hydrogens is 316 g/mol. The van der Waals surface area contributed by atoms with Crippen LogP contribution in [0.5, 0.6) is 0 Å². The van der Waals surface area contributed by atoms with Crippen molar-refractivity contribution in [2.45, 2.75) is 64.8 Å². The minimum atomic E-state index is -0.326. The van der Waals surface area contributed by atoms with Gasteiger partial charge in [-0.2, -0.15) is 0 Å². The van der Waals surface area contributed by atoms with E-state index in [1.54, 1.807) is 0 Å². The Morgan fingerprint density at radius 3 is 2.52 bits per heavy atom. The maximum absolute atomic E-state index is 11.9. The van der Waals surface area contributed by atoms with Crippen LogP contribution in [0.1, 0.15) is 45.6 Å². The average molecular weight is 348 g/mol. The van der Waals surface area contributed by atoms with E-state index in [4.69, 9.17) is 9.47 Å². The standard InChI is InChI=1S/C20H32N2O3/c1-4-22(5-2)19-13-12-17(14-18(19)21-20(23)24-6-3)25-15-16-10-8-7-9-11-16/h7-11,17-19H,4-6,12-15H2,1-3H3,(H,21,23)/t17-,18-,19-/m0/s1. The summed E-state index contributed by atoms with van der Waals surface area (Å²) in [7, 11) is 0. The van der Waals surface area contributed by atoms with Crippen LogP contribution in [0, 0.1) is 0 Å². The van der Waals surface area contributed by atoms with Crippen LogP contribution in [0.15, 0.2) is 30.3 Å². The second-order valence-corrected chi connectivity index (χ2v) is 6.49. The van der Waals surface area contributed by atoms with Crippen LogP contribution in [-0.2, 0) is 16.1 Å². The van der Waals surface area contributed by atoms with Crippen LogP contribution >= 0.6 is 0 Å². The minimum absolute atomic E-state index is 0.0634. The third-order valence-corrected chi connectivity index (χ3v) is 4.95. The number of benzene rings is 1. The van der Waals surface area contributed by atoms with Gasteiger partial charge in [0, 0.05) is 6.04 Å². The first kappa shape index (κ1) is 19.7. The molecule has 1 aromatic rings. The van der Waals surface area contributed by atoms with Crippen molar-refractivity contribution in [3.05, 3.63) is 35.9 Å². The average Bonchev–Trinajstić information content (AvgIpc) is 2.63. The molecule has 1 aliphatic rings. The molecular formula is C20H32N2O3. The molecule has 0 heterocycles. The molecule has 0 aliphatic heterocycles. The van der Waals surface area contributed by atoms with Gasteiger partial charge in [-0.15, -0.1) is 0 Å². The third-order valence-electron chi connectivity index (χ3n) is 4.95. The molecule has 5 nitrogen and oxygen atoms in total. The topological polar surface area (TPSA) is 50.8 Å². The number of amides is 1. The summed E-state index contributed by atoms with van der Waals surface area (Å²) in [6.07, 6.45) is 2.72. The van der Waals surface area contributed by atoms with Gasteiger partial charge in [0.2, 0.25) is 0 Å². The normalized spacial score (nSPS) is 23.4. The van der Waals surface area contributed by atoms with Crippen molar-refractivity contribution in [2.24, 2.45) is 0 Å². The van der Waals surface area contributed by atoms with Crippen molar-refractivity contribution in [3.8, 4) is 0 Å². The lowest BCUT2D eigenvalue weighted by Gasteiger charge is -2.41. The lowest BCUT2D eigenvalue weighted by Crippen LogP contribution is -2.55. The number of nitrogens with one attached hydrogen (secondary N) is 1. The van der Waals surface area contributed by atoms with Crippen LogP contribution in [0.25, 0.3) is 0 Å². The number of carbonyl (C=O) groups is 1. The fraction of sp³-hybridized carbons (Fsp3) is 0.650. The molecule has 1 saturated carbocycles. The fourth-order valence-corrected chi connectivity index (χ4v) is 3.66. The first-order valence-electron chi connectivity index (χ1n) is 9.50. The number of likely N-dealkylation sites (N-methyl/N-ethyl adjacent to an activating group) is 1. The second kappa shape index (κ2) is 10.4. The summed E-state index contributed by atoms with van der Waals surface area (Å²) in [5.74, 6) is 0. The molecule has 3 atom stereocenters. The van der Waals surface area contributed by atoms with Gasteiger partial charge < -0.3 is 14.8 Å². The Hall–Kier alpha value is -1.59. The fourth-order valence-electron chi connectivity index (χ4n) is 3.66. The zero-order valence-corrected chi connectivity index (χ0v) is 15.7. The van der Waals surface area contributed by atoms with Gasteiger partial charge >= 0.3 is 6.09 Å². The van der Waals surface area contributed by atoms with Crippen LogP contribution in [-0.4, -0.2) is 48.9 Å². The van der Waals surface area contributed by atoms with Crippen molar-refractivity contribution in [2.75, 3.05) is 19.7 Å².